The summed E-state index contributed by atoms with van der Waals surface area (Å²) in [6.07, 6.45) is 10.7. The van der Waals surface area contributed by atoms with Gasteiger partial charge < -0.3 is 20.7 Å². The molecule has 0 spiro atoms. The fourth-order valence-electron chi connectivity index (χ4n) is 7.53. The molecule has 6 heteroatoms. The molecule has 33 heavy (non-hydrogen) atoms. The largest absolute Gasteiger partial charge is 0.460 e. The van der Waals surface area contributed by atoms with Crippen LogP contribution in [-0.2, 0) is 20.9 Å². The number of benzene rings is 1. The quantitative estimate of drug-likeness (QED) is 0.500. The Morgan fingerprint density at radius 1 is 1.00 bits per heavy atom. The zero-order valence-corrected chi connectivity index (χ0v) is 19.7. The average molecular weight is 454 g/mol. The fraction of sp³-hybridized carbons (Fsp3) is 0.704. The first-order chi connectivity index (χ1) is 16.0. The van der Waals surface area contributed by atoms with E-state index in [-0.39, 0.29) is 29.5 Å². The Kier molecular flexibility index (Phi) is 6.75. The number of piperidine rings is 1. The lowest BCUT2D eigenvalue weighted by Crippen LogP contribution is -2.69. The van der Waals surface area contributed by atoms with Crippen LogP contribution in [0.15, 0.2) is 30.3 Å². The third-order valence-electron chi connectivity index (χ3n) is 8.55. The van der Waals surface area contributed by atoms with Crippen molar-refractivity contribution in [2.75, 3.05) is 19.6 Å². The molecule has 4 atom stereocenters. The molecular formula is C27H39N3O3. The summed E-state index contributed by atoms with van der Waals surface area (Å²) in [5.74, 6) is 2.00. The molecule has 1 amide bonds. The number of rotatable bonds is 9. The predicted molar refractivity (Wildman–Crippen MR) is 127 cm³/mol. The van der Waals surface area contributed by atoms with Crippen LogP contribution in [0.25, 0.3) is 0 Å². The van der Waals surface area contributed by atoms with Crippen molar-refractivity contribution in [1.82, 2.24) is 16.0 Å². The summed E-state index contributed by atoms with van der Waals surface area (Å²) in [4.78, 5) is 25.4. The molecule has 3 N–H and O–H groups in total. The van der Waals surface area contributed by atoms with Gasteiger partial charge >= 0.3 is 5.97 Å². The Balaban J connectivity index is 1.14. The molecule has 4 saturated carbocycles. The number of carbonyl (C=O) groups is 2. The van der Waals surface area contributed by atoms with Gasteiger partial charge in [-0.2, -0.15) is 0 Å². The lowest BCUT2D eigenvalue weighted by molar-refractivity contribution is -0.146. The summed E-state index contributed by atoms with van der Waals surface area (Å²) in [5.41, 5.74) is 0.876. The van der Waals surface area contributed by atoms with E-state index in [2.05, 4.69) is 16.0 Å². The minimum absolute atomic E-state index is 0.0435. The molecule has 6 nitrogen and oxygen atoms in total. The molecule has 2 unspecified atom stereocenters. The normalized spacial score (nSPS) is 33.1. The number of amides is 1. The lowest BCUT2D eigenvalue weighted by atomic mass is 9.50. The van der Waals surface area contributed by atoms with Gasteiger partial charge in [-0.15, -0.1) is 0 Å². The number of hydrogen-bond acceptors (Lipinski definition) is 5. The van der Waals surface area contributed by atoms with Crippen molar-refractivity contribution in [1.29, 1.82) is 0 Å². The molecule has 180 valence electrons. The van der Waals surface area contributed by atoms with E-state index in [0.29, 0.717) is 30.8 Å². The number of hydrogen-bond donors (Lipinski definition) is 3. The highest BCUT2D eigenvalue weighted by Gasteiger charge is 2.58. The van der Waals surface area contributed by atoms with E-state index in [4.69, 9.17) is 4.74 Å². The predicted octanol–water partition coefficient (Wildman–Crippen LogP) is 3.31. The van der Waals surface area contributed by atoms with Crippen LogP contribution in [0.3, 0.4) is 0 Å². The molecule has 0 aromatic heterocycles. The molecule has 5 aliphatic rings. The molecule has 0 radical (unpaired) electrons. The monoisotopic (exact) mass is 453 g/mol. The third-order valence-corrected chi connectivity index (χ3v) is 8.55. The zero-order chi connectivity index (χ0) is 22.7. The van der Waals surface area contributed by atoms with Gasteiger partial charge in [0.1, 0.15) is 6.61 Å². The zero-order valence-electron chi connectivity index (χ0n) is 19.7. The molecular weight excluding hydrogens is 414 g/mol. The van der Waals surface area contributed by atoms with Gasteiger partial charge in [-0.3, -0.25) is 9.59 Å². The van der Waals surface area contributed by atoms with Crippen LogP contribution in [0.2, 0.25) is 0 Å². The highest BCUT2D eigenvalue weighted by Crippen LogP contribution is 2.57. The standard InChI is InChI=1S/C27H39N3O3/c31-24(7-6-20-8-10-28-11-9-20)30-27-15-22-12-23(16-27)14-26(13-22,19-27)29-17-25(32)33-18-21-4-2-1-3-5-21/h1-5,20,22-23,28-29H,6-19H2,(H,30,31)/t22-,23+,26?,27?. The number of ether oxygens (including phenoxy) is 1. The van der Waals surface area contributed by atoms with E-state index in [1.807, 2.05) is 30.3 Å². The van der Waals surface area contributed by atoms with Gasteiger partial charge in [-0.1, -0.05) is 30.3 Å². The van der Waals surface area contributed by atoms with E-state index in [9.17, 15) is 9.59 Å². The molecule has 4 aliphatic carbocycles. The van der Waals surface area contributed by atoms with Gasteiger partial charge in [0.15, 0.2) is 0 Å². The van der Waals surface area contributed by atoms with E-state index >= 15 is 0 Å². The van der Waals surface area contributed by atoms with Gasteiger partial charge in [-0.05, 0) is 94.2 Å². The highest BCUT2D eigenvalue weighted by atomic mass is 16.5. The van der Waals surface area contributed by atoms with Crippen molar-refractivity contribution in [2.45, 2.75) is 81.9 Å². The summed E-state index contributed by atoms with van der Waals surface area (Å²) >= 11 is 0. The maximum Gasteiger partial charge on any atom is 0.320 e. The molecule has 1 heterocycles. The van der Waals surface area contributed by atoms with E-state index in [0.717, 1.165) is 57.2 Å². The summed E-state index contributed by atoms with van der Waals surface area (Å²) in [7, 11) is 0. The number of carbonyl (C=O) groups excluding carboxylic acids is 2. The van der Waals surface area contributed by atoms with Gasteiger partial charge in [0.25, 0.3) is 0 Å². The molecule has 1 saturated heterocycles. The smallest absolute Gasteiger partial charge is 0.320 e. The van der Waals surface area contributed by atoms with Gasteiger partial charge in [0.05, 0.1) is 6.54 Å². The van der Waals surface area contributed by atoms with E-state index in [1.54, 1.807) is 0 Å². The van der Waals surface area contributed by atoms with Crippen molar-refractivity contribution < 1.29 is 14.3 Å². The molecule has 1 aliphatic heterocycles. The molecule has 1 aromatic carbocycles. The fourth-order valence-corrected chi connectivity index (χ4v) is 7.53. The number of esters is 1. The topological polar surface area (TPSA) is 79.5 Å². The first kappa shape index (κ1) is 22.9. The van der Waals surface area contributed by atoms with Crippen LogP contribution < -0.4 is 16.0 Å². The van der Waals surface area contributed by atoms with Crippen molar-refractivity contribution in [3.63, 3.8) is 0 Å². The van der Waals surface area contributed by atoms with Crippen molar-refractivity contribution >= 4 is 11.9 Å². The molecule has 4 bridgehead atoms. The Bertz CT molecular complexity index is 822. The first-order valence-electron chi connectivity index (χ1n) is 13.0. The molecule has 1 aromatic rings. The lowest BCUT2D eigenvalue weighted by Gasteiger charge is -2.62. The van der Waals surface area contributed by atoms with Crippen LogP contribution in [-0.4, -0.2) is 42.6 Å². The SMILES string of the molecule is O=C(CCC1CCNCC1)NC12C[C@@H]3C[C@@H](CC(NCC(=O)OCc4ccccc4)(C3)C1)C2. The van der Waals surface area contributed by atoms with Crippen molar-refractivity contribution in [3.8, 4) is 0 Å². The highest BCUT2D eigenvalue weighted by molar-refractivity contribution is 5.77. The second kappa shape index (κ2) is 9.75. The molecule has 5 fully saturated rings. The maximum absolute atomic E-state index is 12.9. The minimum Gasteiger partial charge on any atom is -0.460 e. The Labute approximate surface area is 197 Å². The minimum atomic E-state index is -0.199. The van der Waals surface area contributed by atoms with Gasteiger partial charge in [0.2, 0.25) is 5.91 Å². The summed E-state index contributed by atoms with van der Waals surface area (Å²) in [5, 5.41) is 10.5. The Morgan fingerprint density at radius 3 is 2.42 bits per heavy atom. The molecule has 6 rings (SSSR count). The van der Waals surface area contributed by atoms with Crippen LogP contribution >= 0.6 is 0 Å². The van der Waals surface area contributed by atoms with Crippen LogP contribution in [0, 0.1) is 17.8 Å². The Hall–Kier alpha value is -1.92. The number of nitrogens with one attached hydrogen (secondary N) is 3. The van der Waals surface area contributed by atoms with Crippen LogP contribution in [0.4, 0.5) is 0 Å². The van der Waals surface area contributed by atoms with Crippen LogP contribution in [0.5, 0.6) is 0 Å². The second-order valence-electron chi connectivity index (χ2n) is 11.3. The van der Waals surface area contributed by atoms with Gasteiger partial charge in [0, 0.05) is 17.5 Å². The first-order valence-corrected chi connectivity index (χ1v) is 13.0. The average Bonchev–Trinajstić information content (AvgIpc) is 2.80. The van der Waals surface area contributed by atoms with Crippen LogP contribution in [0.1, 0.15) is 69.8 Å². The van der Waals surface area contributed by atoms with E-state index in [1.165, 1.54) is 19.3 Å². The van der Waals surface area contributed by atoms with Gasteiger partial charge in [-0.25, -0.2) is 0 Å². The summed E-state index contributed by atoms with van der Waals surface area (Å²) in [6, 6.07) is 9.81. The van der Waals surface area contributed by atoms with Crippen molar-refractivity contribution in [3.05, 3.63) is 35.9 Å². The third kappa shape index (κ3) is 5.60. The summed E-state index contributed by atoms with van der Waals surface area (Å²) in [6.45, 7) is 2.73. The van der Waals surface area contributed by atoms with E-state index < -0.39 is 0 Å². The maximum atomic E-state index is 12.9. The Morgan fingerprint density at radius 2 is 1.70 bits per heavy atom. The summed E-state index contributed by atoms with van der Waals surface area (Å²) < 4.78 is 5.50. The van der Waals surface area contributed by atoms with Crippen molar-refractivity contribution in [2.24, 2.45) is 17.8 Å². The second-order valence-corrected chi connectivity index (χ2v) is 11.3.